The number of aryl methyl sites for hydroxylation is 1. The predicted molar refractivity (Wildman–Crippen MR) is 97.0 cm³/mol. The summed E-state index contributed by atoms with van der Waals surface area (Å²) in [6.07, 6.45) is 1.79. The fraction of sp³-hybridized carbons (Fsp3) is 0.150. The Morgan fingerprint density at radius 3 is 2.61 bits per heavy atom. The number of para-hydroxylation sites is 1. The average molecular weight is 319 g/mol. The van der Waals surface area contributed by atoms with Gasteiger partial charge in [-0.05, 0) is 47.4 Å². The molecule has 1 aliphatic heterocycles. The van der Waals surface area contributed by atoms with E-state index in [2.05, 4.69) is 41.7 Å². The van der Waals surface area contributed by atoms with Crippen molar-refractivity contribution in [2.24, 2.45) is 0 Å². The molecule has 1 heterocycles. The van der Waals surface area contributed by atoms with Gasteiger partial charge in [0, 0.05) is 10.6 Å². The van der Waals surface area contributed by atoms with Crippen molar-refractivity contribution in [1.82, 2.24) is 0 Å². The first kappa shape index (κ1) is 14.3. The minimum atomic E-state index is -0.0523. The second kappa shape index (κ2) is 6.09. The van der Waals surface area contributed by atoms with Crippen LogP contribution in [0.4, 0.5) is 5.69 Å². The number of amides is 1. The van der Waals surface area contributed by atoms with E-state index in [-0.39, 0.29) is 11.2 Å². The van der Waals surface area contributed by atoms with Crippen LogP contribution >= 0.6 is 11.8 Å². The summed E-state index contributed by atoms with van der Waals surface area (Å²) in [5.74, 6) is 0.105. The molecule has 3 heteroatoms. The molecule has 1 aliphatic rings. The normalized spacial score (nSPS) is 17.4. The fourth-order valence-corrected chi connectivity index (χ4v) is 4.08. The maximum Gasteiger partial charge on any atom is 0.237 e. The van der Waals surface area contributed by atoms with Crippen molar-refractivity contribution in [3.05, 3.63) is 72.3 Å². The smallest absolute Gasteiger partial charge is 0.237 e. The summed E-state index contributed by atoms with van der Waals surface area (Å²) in [6, 6.07) is 22.8. The maximum atomic E-state index is 12.5. The van der Waals surface area contributed by atoms with Crippen molar-refractivity contribution in [1.29, 1.82) is 0 Å². The molecule has 114 valence electrons. The van der Waals surface area contributed by atoms with Crippen LogP contribution in [0.5, 0.6) is 0 Å². The molecular weight excluding hydrogens is 302 g/mol. The number of thioether (sulfide) groups is 1. The van der Waals surface area contributed by atoms with Gasteiger partial charge >= 0.3 is 0 Å². The number of hydrogen-bond acceptors (Lipinski definition) is 2. The number of carbonyl (C=O) groups excluding carboxylic acids is 1. The summed E-state index contributed by atoms with van der Waals surface area (Å²) in [6.45, 7) is 0. The zero-order chi connectivity index (χ0) is 15.6. The van der Waals surface area contributed by atoms with Crippen molar-refractivity contribution in [3.63, 3.8) is 0 Å². The lowest BCUT2D eigenvalue weighted by Crippen LogP contribution is -2.23. The van der Waals surface area contributed by atoms with E-state index >= 15 is 0 Å². The van der Waals surface area contributed by atoms with Crippen molar-refractivity contribution in [2.75, 3.05) is 5.32 Å². The molecule has 1 amide bonds. The van der Waals surface area contributed by atoms with Crippen LogP contribution < -0.4 is 5.32 Å². The molecule has 0 saturated heterocycles. The van der Waals surface area contributed by atoms with Gasteiger partial charge in [0.05, 0.1) is 5.25 Å². The summed E-state index contributed by atoms with van der Waals surface area (Å²) < 4.78 is 0. The van der Waals surface area contributed by atoms with Gasteiger partial charge in [-0.1, -0.05) is 48.5 Å². The Bertz CT molecular complexity index is 874. The topological polar surface area (TPSA) is 29.1 Å². The summed E-state index contributed by atoms with van der Waals surface area (Å²) in [4.78, 5) is 13.7. The summed E-state index contributed by atoms with van der Waals surface area (Å²) in [5.41, 5.74) is 2.18. The fourth-order valence-electron chi connectivity index (χ4n) is 3.01. The quantitative estimate of drug-likeness (QED) is 0.729. The highest BCUT2D eigenvalue weighted by Crippen LogP contribution is 2.32. The molecule has 0 spiro atoms. The van der Waals surface area contributed by atoms with Gasteiger partial charge in [-0.2, -0.15) is 0 Å². The zero-order valence-electron chi connectivity index (χ0n) is 12.7. The highest BCUT2D eigenvalue weighted by molar-refractivity contribution is 8.00. The molecule has 2 nitrogen and oxygen atoms in total. The number of nitrogens with one attached hydrogen (secondary N) is 1. The Labute approximate surface area is 139 Å². The summed E-state index contributed by atoms with van der Waals surface area (Å²) in [7, 11) is 0. The molecular formula is C20H17NOS. The third kappa shape index (κ3) is 2.97. The maximum absolute atomic E-state index is 12.5. The molecule has 0 aliphatic carbocycles. The SMILES string of the molecule is O=C1Nc2ccccc2CC[C@H]1Sc1ccc2ccccc2c1. The zero-order valence-corrected chi connectivity index (χ0v) is 13.5. The number of fused-ring (bicyclic) bond motifs is 2. The van der Waals surface area contributed by atoms with Gasteiger partial charge in [0.2, 0.25) is 5.91 Å². The van der Waals surface area contributed by atoms with E-state index in [1.807, 2.05) is 30.3 Å². The molecule has 0 bridgehead atoms. The molecule has 4 rings (SSSR count). The highest BCUT2D eigenvalue weighted by atomic mass is 32.2. The first-order chi connectivity index (χ1) is 11.3. The van der Waals surface area contributed by atoms with Crippen LogP contribution in [-0.4, -0.2) is 11.2 Å². The Balaban J connectivity index is 1.57. The lowest BCUT2D eigenvalue weighted by Gasteiger charge is -2.13. The molecule has 1 atom stereocenters. The number of rotatable bonds is 2. The van der Waals surface area contributed by atoms with E-state index in [1.54, 1.807) is 11.8 Å². The molecule has 23 heavy (non-hydrogen) atoms. The van der Waals surface area contributed by atoms with Crippen molar-refractivity contribution < 1.29 is 4.79 Å². The standard InChI is InChI=1S/C20H17NOS/c22-20-19(12-10-15-6-3-4-8-18(15)21-20)23-17-11-9-14-5-1-2-7-16(14)13-17/h1-9,11,13,19H,10,12H2,(H,21,22)/t19-/m1/s1. The molecule has 0 fully saturated rings. The Morgan fingerprint density at radius 1 is 0.913 bits per heavy atom. The lowest BCUT2D eigenvalue weighted by molar-refractivity contribution is -0.115. The highest BCUT2D eigenvalue weighted by Gasteiger charge is 2.24. The van der Waals surface area contributed by atoms with Gasteiger partial charge in [-0.15, -0.1) is 11.8 Å². The van der Waals surface area contributed by atoms with E-state index < -0.39 is 0 Å². The monoisotopic (exact) mass is 319 g/mol. The van der Waals surface area contributed by atoms with E-state index in [0.717, 1.165) is 23.4 Å². The van der Waals surface area contributed by atoms with Gasteiger partial charge in [-0.3, -0.25) is 4.79 Å². The molecule has 0 saturated carbocycles. The largest absolute Gasteiger partial charge is 0.325 e. The third-order valence-electron chi connectivity index (χ3n) is 4.24. The first-order valence-corrected chi connectivity index (χ1v) is 8.72. The van der Waals surface area contributed by atoms with Gasteiger partial charge in [0.15, 0.2) is 0 Å². The minimum absolute atomic E-state index is 0.0523. The molecule has 1 N–H and O–H groups in total. The van der Waals surface area contributed by atoms with E-state index in [9.17, 15) is 4.79 Å². The van der Waals surface area contributed by atoms with Crippen LogP contribution in [0.25, 0.3) is 10.8 Å². The van der Waals surface area contributed by atoms with Gasteiger partial charge in [0.1, 0.15) is 0 Å². The molecule has 3 aromatic carbocycles. The summed E-state index contributed by atoms with van der Waals surface area (Å²) >= 11 is 1.66. The van der Waals surface area contributed by atoms with Crippen LogP contribution in [0.1, 0.15) is 12.0 Å². The second-order valence-electron chi connectivity index (χ2n) is 5.80. The average Bonchev–Trinajstić information content (AvgIpc) is 2.74. The number of benzene rings is 3. The predicted octanol–water partition coefficient (Wildman–Crippen LogP) is 4.89. The molecule has 0 unspecified atom stereocenters. The number of hydrogen-bond donors (Lipinski definition) is 1. The van der Waals surface area contributed by atoms with Crippen molar-refractivity contribution >= 4 is 34.1 Å². The Hall–Kier alpha value is -2.26. The van der Waals surface area contributed by atoms with Crippen LogP contribution in [0, 0.1) is 0 Å². The molecule has 0 radical (unpaired) electrons. The van der Waals surface area contributed by atoms with Gasteiger partial charge in [-0.25, -0.2) is 0 Å². The molecule has 3 aromatic rings. The van der Waals surface area contributed by atoms with E-state index in [1.165, 1.54) is 16.3 Å². The summed E-state index contributed by atoms with van der Waals surface area (Å²) in [5, 5.41) is 5.47. The minimum Gasteiger partial charge on any atom is -0.325 e. The number of anilines is 1. The Kier molecular flexibility index (Phi) is 3.80. The first-order valence-electron chi connectivity index (χ1n) is 7.84. The van der Waals surface area contributed by atoms with Crippen LogP contribution in [-0.2, 0) is 11.2 Å². The third-order valence-corrected chi connectivity index (χ3v) is 5.50. The van der Waals surface area contributed by atoms with Crippen molar-refractivity contribution in [2.45, 2.75) is 23.0 Å². The van der Waals surface area contributed by atoms with Gasteiger partial charge < -0.3 is 5.32 Å². The van der Waals surface area contributed by atoms with Crippen LogP contribution in [0.3, 0.4) is 0 Å². The van der Waals surface area contributed by atoms with Gasteiger partial charge in [0.25, 0.3) is 0 Å². The van der Waals surface area contributed by atoms with E-state index in [0.29, 0.717) is 0 Å². The van der Waals surface area contributed by atoms with Crippen molar-refractivity contribution in [3.8, 4) is 0 Å². The Morgan fingerprint density at radius 2 is 1.70 bits per heavy atom. The van der Waals surface area contributed by atoms with Crippen LogP contribution in [0.2, 0.25) is 0 Å². The lowest BCUT2D eigenvalue weighted by atomic mass is 10.1. The number of carbonyl (C=O) groups is 1. The second-order valence-corrected chi connectivity index (χ2v) is 7.08. The van der Waals surface area contributed by atoms with E-state index in [4.69, 9.17) is 0 Å². The molecule has 0 aromatic heterocycles. The van der Waals surface area contributed by atoms with Crippen LogP contribution in [0.15, 0.2) is 71.6 Å².